The molecule has 2 heterocycles. The Hall–Kier alpha value is -4.26. The van der Waals surface area contributed by atoms with Gasteiger partial charge in [0.25, 0.3) is 5.91 Å². The highest BCUT2D eigenvalue weighted by Crippen LogP contribution is 2.41. The predicted octanol–water partition coefficient (Wildman–Crippen LogP) is 4.98. The summed E-state index contributed by atoms with van der Waals surface area (Å²) in [7, 11) is 3.21. The maximum absolute atomic E-state index is 13.6. The molecule has 2 N–H and O–H groups in total. The van der Waals surface area contributed by atoms with E-state index in [9.17, 15) is 4.79 Å². The number of imidazole rings is 1. The molecule has 0 bridgehead atoms. The van der Waals surface area contributed by atoms with Crippen LogP contribution in [0.3, 0.4) is 0 Å². The summed E-state index contributed by atoms with van der Waals surface area (Å²) in [5, 5.41) is 6.37. The molecule has 0 saturated carbocycles. The van der Waals surface area contributed by atoms with Crippen molar-refractivity contribution < 1.29 is 14.3 Å². The van der Waals surface area contributed by atoms with Crippen molar-refractivity contribution in [2.75, 3.05) is 24.9 Å². The van der Waals surface area contributed by atoms with Crippen LogP contribution < -0.4 is 20.1 Å². The smallest absolute Gasteiger partial charge is 0.255 e. The van der Waals surface area contributed by atoms with Gasteiger partial charge in [-0.1, -0.05) is 36.4 Å². The van der Waals surface area contributed by atoms with Gasteiger partial charge in [0.2, 0.25) is 5.95 Å². The number of amides is 1. The van der Waals surface area contributed by atoms with Crippen LogP contribution in [0.1, 0.15) is 18.5 Å². The largest absolute Gasteiger partial charge is 0.493 e. The zero-order valence-corrected chi connectivity index (χ0v) is 18.6. The van der Waals surface area contributed by atoms with Gasteiger partial charge in [0, 0.05) is 11.4 Å². The normalized spacial score (nSPS) is 15.1. The quantitative estimate of drug-likeness (QED) is 0.458. The van der Waals surface area contributed by atoms with E-state index < -0.39 is 6.04 Å². The van der Waals surface area contributed by atoms with E-state index in [0.29, 0.717) is 23.0 Å². The van der Waals surface area contributed by atoms with Gasteiger partial charge in [0.1, 0.15) is 0 Å². The molecule has 1 aromatic heterocycles. The van der Waals surface area contributed by atoms with Gasteiger partial charge < -0.3 is 20.1 Å². The number of para-hydroxylation sites is 3. The van der Waals surface area contributed by atoms with Gasteiger partial charge in [-0.2, -0.15) is 0 Å². The number of hydrogen-bond donors (Lipinski definition) is 2. The predicted molar refractivity (Wildman–Crippen MR) is 129 cm³/mol. The summed E-state index contributed by atoms with van der Waals surface area (Å²) in [6.07, 6.45) is 0. The maximum Gasteiger partial charge on any atom is 0.255 e. The minimum Gasteiger partial charge on any atom is -0.493 e. The second-order valence-corrected chi connectivity index (χ2v) is 7.79. The Balaban J connectivity index is 1.69. The van der Waals surface area contributed by atoms with Crippen LogP contribution in [0.4, 0.5) is 11.6 Å². The van der Waals surface area contributed by atoms with Crippen molar-refractivity contribution >= 4 is 28.6 Å². The van der Waals surface area contributed by atoms with Crippen LogP contribution in [0.25, 0.3) is 11.0 Å². The first kappa shape index (κ1) is 20.6. The van der Waals surface area contributed by atoms with E-state index >= 15 is 0 Å². The summed E-state index contributed by atoms with van der Waals surface area (Å²) in [6.45, 7) is 1.90. The molecule has 0 spiro atoms. The van der Waals surface area contributed by atoms with Crippen molar-refractivity contribution in [3.05, 3.63) is 89.6 Å². The SMILES string of the molecule is COc1ccc(C2C(C(=O)Nc3ccccc3)=C(C)Nc3nc4ccccc4n32)cc1OC. The van der Waals surface area contributed by atoms with Gasteiger partial charge in [-0.15, -0.1) is 0 Å². The average Bonchev–Trinajstić information content (AvgIpc) is 3.21. The molecule has 1 amide bonds. The highest BCUT2D eigenvalue weighted by molar-refractivity contribution is 6.06. The summed E-state index contributed by atoms with van der Waals surface area (Å²) >= 11 is 0. The molecule has 33 heavy (non-hydrogen) atoms. The third-order valence-electron chi connectivity index (χ3n) is 5.83. The van der Waals surface area contributed by atoms with Crippen LogP contribution >= 0.6 is 0 Å². The van der Waals surface area contributed by atoms with E-state index in [-0.39, 0.29) is 5.91 Å². The Kier molecular flexibility index (Phi) is 5.22. The summed E-state index contributed by atoms with van der Waals surface area (Å²) in [6, 6.07) is 22.6. The lowest BCUT2D eigenvalue weighted by atomic mass is 9.94. The number of fused-ring (bicyclic) bond motifs is 3. The lowest BCUT2D eigenvalue weighted by molar-refractivity contribution is -0.113. The molecule has 1 aliphatic rings. The van der Waals surface area contributed by atoms with Gasteiger partial charge in [-0.05, 0) is 48.9 Å². The van der Waals surface area contributed by atoms with Crippen molar-refractivity contribution in [2.24, 2.45) is 0 Å². The number of benzene rings is 3. The van der Waals surface area contributed by atoms with Gasteiger partial charge in [-0.25, -0.2) is 4.98 Å². The van der Waals surface area contributed by atoms with Crippen LogP contribution in [0.5, 0.6) is 11.5 Å². The number of hydrogen-bond acceptors (Lipinski definition) is 5. The highest BCUT2D eigenvalue weighted by atomic mass is 16.5. The van der Waals surface area contributed by atoms with Crippen LogP contribution in [-0.4, -0.2) is 29.7 Å². The topological polar surface area (TPSA) is 77.4 Å². The molecule has 0 aliphatic carbocycles. The Morgan fingerprint density at radius 3 is 2.45 bits per heavy atom. The highest BCUT2D eigenvalue weighted by Gasteiger charge is 2.34. The number of aromatic nitrogens is 2. The Bertz CT molecular complexity index is 1380. The van der Waals surface area contributed by atoms with E-state index in [0.717, 1.165) is 28.0 Å². The second-order valence-electron chi connectivity index (χ2n) is 7.79. The molecule has 0 fully saturated rings. The van der Waals surface area contributed by atoms with Crippen molar-refractivity contribution in [1.29, 1.82) is 0 Å². The molecule has 7 nitrogen and oxygen atoms in total. The number of methoxy groups -OCH3 is 2. The standard InChI is InChI=1S/C26H24N4O3/c1-16-23(25(31)28-18-9-5-4-6-10-18)24(17-13-14-21(32-2)22(15-17)33-3)30-20-12-8-7-11-19(20)29-26(30)27-16/h4-15,24H,1-3H3,(H,27,29)(H,28,31). The fourth-order valence-electron chi connectivity index (χ4n) is 4.32. The molecule has 7 heteroatoms. The Morgan fingerprint density at radius 2 is 1.70 bits per heavy atom. The summed E-state index contributed by atoms with van der Waals surface area (Å²) in [4.78, 5) is 18.4. The number of nitrogens with zero attached hydrogens (tertiary/aromatic N) is 2. The minimum absolute atomic E-state index is 0.186. The lowest BCUT2D eigenvalue weighted by Gasteiger charge is -2.31. The summed E-state index contributed by atoms with van der Waals surface area (Å²) in [5.41, 5.74) is 4.74. The van der Waals surface area contributed by atoms with Gasteiger partial charge in [-0.3, -0.25) is 9.36 Å². The van der Waals surface area contributed by atoms with Crippen LogP contribution in [0.15, 0.2) is 84.1 Å². The number of rotatable bonds is 5. The molecule has 5 rings (SSSR count). The molecule has 1 unspecified atom stereocenters. The fraction of sp³-hybridized carbons (Fsp3) is 0.154. The van der Waals surface area contributed by atoms with Crippen molar-refractivity contribution in [3.63, 3.8) is 0 Å². The van der Waals surface area contributed by atoms with E-state index in [4.69, 9.17) is 14.5 Å². The van der Waals surface area contributed by atoms with E-state index in [1.165, 1.54) is 0 Å². The van der Waals surface area contributed by atoms with Crippen LogP contribution in [0, 0.1) is 0 Å². The van der Waals surface area contributed by atoms with E-state index in [2.05, 4.69) is 15.2 Å². The monoisotopic (exact) mass is 440 g/mol. The number of ether oxygens (including phenoxy) is 2. The van der Waals surface area contributed by atoms with Gasteiger partial charge in [0.05, 0.1) is 36.9 Å². The molecule has 1 aliphatic heterocycles. The number of carbonyl (C=O) groups is 1. The second kappa shape index (κ2) is 8.35. The maximum atomic E-state index is 13.6. The minimum atomic E-state index is -0.419. The van der Waals surface area contributed by atoms with Gasteiger partial charge >= 0.3 is 0 Å². The third-order valence-corrected chi connectivity index (χ3v) is 5.83. The van der Waals surface area contributed by atoms with Crippen molar-refractivity contribution in [1.82, 2.24) is 9.55 Å². The number of anilines is 2. The zero-order valence-electron chi connectivity index (χ0n) is 18.6. The third kappa shape index (κ3) is 3.57. The summed E-state index contributed by atoms with van der Waals surface area (Å²) in [5.74, 6) is 1.72. The molecular weight excluding hydrogens is 416 g/mol. The molecular formula is C26H24N4O3. The molecule has 166 valence electrons. The van der Waals surface area contributed by atoms with Crippen molar-refractivity contribution in [2.45, 2.75) is 13.0 Å². The Labute approximate surface area is 191 Å². The van der Waals surface area contributed by atoms with Crippen molar-refractivity contribution in [3.8, 4) is 11.5 Å². The molecule has 3 aromatic carbocycles. The molecule has 0 saturated heterocycles. The number of nitrogens with one attached hydrogen (secondary N) is 2. The first-order valence-corrected chi connectivity index (χ1v) is 10.6. The number of carbonyl (C=O) groups excluding carboxylic acids is 1. The van der Waals surface area contributed by atoms with Crippen LogP contribution in [-0.2, 0) is 4.79 Å². The lowest BCUT2D eigenvalue weighted by Crippen LogP contribution is -2.31. The fourth-order valence-corrected chi connectivity index (χ4v) is 4.32. The average molecular weight is 441 g/mol. The van der Waals surface area contributed by atoms with E-state index in [1.807, 2.05) is 79.7 Å². The summed E-state index contributed by atoms with van der Waals surface area (Å²) < 4.78 is 13.0. The number of allylic oxidation sites excluding steroid dienone is 1. The zero-order chi connectivity index (χ0) is 22.9. The molecule has 0 radical (unpaired) electrons. The molecule has 4 aromatic rings. The Morgan fingerprint density at radius 1 is 0.970 bits per heavy atom. The molecule has 1 atom stereocenters. The first-order chi connectivity index (χ1) is 16.1. The first-order valence-electron chi connectivity index (χ1n) is 10.6. The van der Waals surface area contributed by atoms with Crippen LogP contribution in [0.2, 0.25) is 0 Å². The van der Waals surface area contributed by atoms with E-state index in [1.54, 1.807) is 14.2 Å². The van der Waals surface area contributed by atoms with Gasteiger partial charge in [0.15, 0.2) is 11.5 Å².